The van der Waals surface area contributed by atoms with Crippen LogP contribution in [0.25, 0.3) is 0 Å². The summed E-state index contributed by atoms with van der Waals surface area (Å²) >= 11 is 1.87. The van der Waals surface area contributed by atoms with E-state index in [-0.39, 0.29) is 12.1 Å². The van der Waals surface area contributed by atoms with E-state index in [9.17, 15) is 0 Å². The summed E-state index contributed by atoms with van der Waals surface area (Å²) in [6.07, 6.45) is 3.99. The minimum absolute atomic E-state index is 0.0531. The maximum atomic E-state index is 5.27. The number of aromatic nitrogens is 2. The Morgan fingerprint density at radius 3 is 3.00 bits per heavy atom. The van der Waals surface area contributed by atoms with E-state index in [4.69, 9.17) is 9.73 Å². The molecule has 0 amide bonds. The van der Waals surface area contributed by atoms with Gasteiger partial charge in [0.15, 0.2) is 5.17 Å². The average molecular weight is 342 g/mol. The lowest BCUT2D eigenvalue weighted by Gasteiger charge is -2.28. The van der Waals surface area contributed by atoms with Crippen LogP contribution in [0, 0.1) is 0 Å². The summed E-state index contributed by atoms with van der Waals surface area (Å²) in [4.78, 5) is 12.1. The molecule has 0 unspecified atom stereocenters. The lowest BCUT2D eigenvalue weighted by Crippen LogP contribution is -2.30. The second-order valence-electron chi connectivity index (χ2n) is 6.26. The number of methoxy groups -OCH3 is 1. The van der Waals surface area contributed by atoms with Crippen molar-refractivity contribution in [2.75, 3.05) is 20.3 Å². The predicted molar refractivity (Wildman–Crippen MR) is 97.2 cm³/mol. The molecule has 0 bridgehead atoms. The molecule has 0 radical (unpaired) electrons. The van der Waals surface area contributed by atoms with Gasteiger partial charge in [-0.3, -0.25) is 9.98 Å². The molecule has 0 saturated carbocycles. The average Bonchev–Trinajstić information content (AvgIpc) is 3.27. The van der Waals surface area contributed by atoms with Crippen molar-refractivity contribution in [3.63, 3.8) is 0 Å². The minimum Gasteiger partial charge on any atom is -0.383 e. The molecule has 3 atom stereocenters. The van der Waals surface area contributed by atoms with Crippen molar-refractivity contribution in [2.24, 2.45) is 4.99 Å². The molecule has 6 heteroatoms. The molecular formula is C18H22N4OS. The number of fused-ring (bicyclic) bond motifs is 1. The van der Waals surface area contributed by atoms with Crippen molar-refractivity contribution in [3.05, 3.63) is 54.1 Å². The number of pyridine rings is 1. The molecule has 24 heavy (non-hydrogen) atoms. The molecule has 5 nitrogen and oxygen atoms in total. The van der Waals surface area contributed by atoms with E-state index in [1.165, 1.54) is 5.69 Å². The Labute approximate surface area is 146 Å². The summed E-state index contributed by atoms with van der Waals surface area (Å²) in [5.74, 6) is 0. The van der Waals surface area contributed by atoms with Crippen LogP contribution in [0.15, 0.2) is 47.7 Å². The Kier molecular flexibility index (Phi) is 4.33. The SMILES string of the molecule is COCCn1cccc1[C@H]1[C@H](c2ccccn2)N=C2S[C@@H](C)CN21. The van der Waals surface area contributed by atoms with Gasteiger partial charge in [-0.05, 0) is 24.3 Å². The monoisotopic (exact) mass is 342 g/mol. The van der Waals surface area contributed by atoms with Crippen LogP contribution in [0.1, 0.15) is 30.4 Å². The van der Waals surface area contributed by atoms with Crippen molar-refractivity contribution in [3.8, 4) is 0 Å². The molecule has 2 aromatic rings. The van der Waals surface area contributed by atoms with Gasteiger partial charge < -0.3 is 14.2 Å². The van der Waals surface area contributed by atoms with Gasteiger partial charge in [-0.2, -0.15) is 0 Å². The summed E-state index contributed by atoms with van der Waals surface area (Å²) in [6.45, 7) is 4.87. The van der Waals surface area contributed by atoms with Gasteiger partial charge in [-0.25, -0.2) is 0 Å². The van der Waals surface area contributed by atoms with E-state index >= 15 is 0 Å². The van der Waals surface area contributed by atoms with Crippen LogP contribution in [0.5, 0.6) is 0 Å². The maximum Gasteiger partial charge on any atom is 0.160 e. The molecule has 126 valence electrons. The van der Waals surface area contributed by atoms with Gasteiger partial charge in [-0.1, -0.05) is 24.8 Å². The number of thioether (sulfide) groups is 1. The summed E-state index contributed by atoms with van der Waals surface area (Å²) in [6, 6.07) is 10.7. The number of hydrogen-bond acceptors (Lipinski definition) is 5. The lowest BCUT2D eigenvalue weighted by molar-refractivity contribution is 0.184. The van der Waals surface area contributed by atoms with Crippen molar-refractivity contribution in [1.29, 1.82) is 0 Å². The summed E-state index contributed by atoms with van der Waals surface area (Å²) < 4.78 is 7.56. The van der Waals surface area contributed by atoms with Gasteiger partial charge in [0, 0.05) is 43.5 Å². The number of rotatable bonds is 5. The van der Waals surface area contributed by atoms with E-state index in [0.29, 0.717) is 11.9 Å². The van der Waals surface area contributed by atoms with Crippen molar-refractivity contribution in [2.45, 2.75) is 30.8 Å². The second-order valence-corrected chi connectivity index (χ2v) is 7.66. The Hall–Kier alpha value is -1.79. The van der Waals surface area contributed by atoms with Crippen molar-refractivity contribution >= 4 is 16.9 Å². The maximum absolute atomic E-state index is 5.27. The normalized spacial score (nSPS) is 25.8. The smallest absolute Gasteiger partial charge is 0.160 e. The molecule has 0 N–H and O–H groups in total. The molecule has 2 aliphatic heterocycles. The van der Waals surface area contributed by atoms with Crippen LogP contribution in [-0.2, 0) is 11.3 Å². The number of nitrogens with zero attached hydrogens (tertiary/aromatic N) is 4. The third kappa shape index (κ3) is 2.74. The third-order valence-electron chi connectivity index (χ3n) is 4.59. The van der Waals surface area contributed by atoms with Gasteiger partial charge in [0.25, 0.3) is 0 Å². The first kappa shape index (κ1) is 15.7. The molecule has 0 aromatic carbocycles. The standard InChI is InChI=1S/C18H22N4OS/c1-13-12-22-17(15-7-5-9-21(15)10-11-23-2)16(20-18(22)24-13)14-6-3-4-8-19-14/h3-9,13,16-17H,10-12H2,1-2H3/t13-,16-,17-/m0/s1. The highest BCUT2D eigenvalue weighted by Crippen LogP contribution is 2.47. The second kappa shape index (κ2) is 6.61. The summed E-state index contributed by atoms with van der Waals surface area (Å²) in [7, 11) is 1.75. The third-order valence-corrected chi connectivity index (χ3v) is 5.69. The number of hydrogen-bond donors (Lipinski definition) is 0. The van der Waals surface area contributed by atoms with Crippen LogP contribution in [0.4, 0.5) is 0 Å². The van der Waals surface area contributed by atoms with E-state index in [1.54, 1.807) is 7.11 Å². The first-order valence-corrected chi connectivity index (χ1v) is 9.22. The molecule has 1 saturated heterocycles. The Bertz CT molecular complexity index is 730. The van der Waals surface area contributed by atoms with Crippen molar-refractivity contribution < 1.29 is 4.74 Å². The lowest BCUT2D eigenvalue weighted by atomic mass is 10.0. The fraction of sp³-hybridized carbons (Fsp3) is 0.444. The summed E-state index contributed by atoms with van der Waals surface area (Å²) in [5, 5.41) is 1.74. The van der Waals surface area contributed by atoms with Gasteiger partial charge in [0.05, 0.1) is 18.3 Å². The predicted octanol–water partition coefficient (Wildman–Crippen LogP) is 3.12. The van der Waals surface area contributed by atoms with E-state index < -0.39 is 0 Å². The molecule has 1 fully saturated rings. The van der Waals surface area contributed by atoms with E-state index in [1.807, 2.05) is 30.1 Å². The fourth-order valence-electron chi connectivity index (χ4n) is 3.53. The van der Waals surface area contributed by atoms with Gasteiger partial charge in [0.2, 0.25) is 0 Å². The molecule has 2 aliphatic rings. The largest absolute Gasteiger partial charge is 0.383 e. The van der Waals surface area contributed by atoms with Crippen LogP contribution in [0.3, 0.4) is 0 Å². The van der Waals surface area contributed by atoms with Crippen LogP contribution in [0.2, 0.25) is 0 Å². The molecule has 0 aliphatic carbocycles. The van der Waals surface area contributed by atoms with Gasteiger partial charge in [-0.15, -0.1) is 0 Å². The Morgan fingerprint density at radius 2 is 2.21 bits per heavy atom. The summed E-state index contributed by atoms with van der Waals surface area (Å²) in [5.41, 5.74) is 2.33. The zero-order valence-electron chi connectivity index (χ0n) is 14.0. The molecule has 4 rings (SSSR count). The molecular weight excluding hydrogens is 320 g/mol. The Balaban J connectivity index is 1.72. The van der Waals surface area contributed by atoms with Crippen LogP contribution < -0.4 is 0 Å². The molecule has 0 spiro atoms. The quantitative estimate of drug-likeness (QED) is 0.837. The number of amidine groups is 1. The van der Waals surface area contributed by atoms with E-state index in [2.05, 4.69) is 45.8 Å². The first-order valence-electron chi connectivity index (χ1n) is 8.34. The topological polar surface area (TPSA) is 42.6 Å². The minimum atomic E-state index is 0.0531. The number of aliphatic imine (C=N–C) groups is 1. The Morgan fingerprint density at radius 1 is 1.29 bits per heavy atom. The highest BCUT2D eigenvalue weighted by molar-refractivity contribution is 8.14. The van der Waals surface area contributed by atoms with Gasteiger partial charge in [0.1, 0.15) is 6.04 Å². The molecule has 4 heterocycles. The highest BCUT2D eigenvalue weighted by atomic mass is 32.2. The van der Waals surface area contributed by atoms with Crippen molar-refractivity contribution in [1.82, 2.24) is 14.5 Å². The van der Waals surface area contributed by atoms with Crippen LogP contribution >= 0.6 is 11.8 Å². The van der Waals surface area contributed by atoms with E-state index in [0.717, 1.165) is 24.0 Å². The fourth-order valence-corrected chi connectivity index (χ4v) is 4.62. The first-order chi connectivity index (χ1) is 11.8. The van der Waals surface area contributed by atoms with Gasteiger partial charge >= 0.3 is 0 Å². The highest BCUT2D eigenvalue weighted by Gasteiger charge is 2.44. The zero-order chi connectivity index (χ0) is 16.5. The van der Waals surface area contributed by atoms with Crippen LogP contribution in [-0.4, -0.2) is 45.1 Å². The molecule has 2 aromatic heterocycles. The number of ether oxygens (including phenoxy) is 1. The zero-order valence-corrected chi connectivity index (χ0v) is 14.8.